The Morgan fingerprint density at radius 1 is 1.31 bits per heavy atom. The summed E-state index contributed by atoms with van der Waals surface area (Å²) in [6.07, 6.45) is -4.62. The molecule has 0 radical (unpaired) electrons. The molecule has 2 N–H and O–H groups in total. The first-order chi connectivity index (χ1) is 7.27. The van der Waals surface area contributed by atoms with Crippen molar-refractivity contribution < 1.29 is 28.0 Å². The summed E-state index contributed by atoms with van der Waals surface area (Å²) in [5.74, 6) is -0.285. The number of rotatable bonds is 2. The number of benzene rings is 1. The molecule has 0 fully saturated rings. The molecule has 3 nitrogen and oxygen atoms in total. The van der Waals surface area contributed by atoms with Crippen molar-refractivity contribution in [1.82, 2.24) is 0 Å². The molecule has 0 saturated heterocycles. The molecular weight excluding hydrogens is 247 g/mol. The molecule has 0 saturated carbocycles. The summed E-state index contributed by atoms with van der Waals surface area (Å²) in [6, 6.07) is 1.44. The third-order valence-corrected chi connectivity index (χ3v) is 2.22. The van der Waals surface area contributed by atoms with E-state index in [0.717, 1.165) is 13.2 Å². The minimum Gasteiger partial charge on any atom is -0.497 e. The van der Waals surface area contributed by atoms with Crippen LogP contribution in [0.2, 0.25) is 5.02 Å². The summed E-state index contributed by atoms with van der Waals surface area (Å²) in [5, 5.41) is 17.2. The number of ether oxygens (including phenoxy) is 1. The minimum absolute atomic E-state index is 0.222. The van der Waals surface area contributed by atoms with Gasteiger partial charge in [0.05, 0.1) is 17.7 Å². The van der Waals surface area contributed by atoms with Crippen LogP contribution in [-0.2, 0) is 6.18 Å². The van der Waals surface area contributed by atoms with E-state index in [2.05, 4.69) is 4.74 Å². The third kappa shape index (κ3) is 2.60. The molecule has 8 heteroatoms. The Morgan fingerprint density at radius 2 is 1.88 bits per heavy atom. The largest absolute Gasteiger partial charge is 0.497 e. The van der Waals surface area contributed by atoms with Crippen LogP contribution in [0.1, 0.15) is 5.56 Å². The smallest absolute Gasteiger partial charge is 0.492 e. The highest BCUT2D eigenvalue weighted by Crippen LogP contribution is 2.36. The van der Waals surface area contributed by atoms with E-state index in [4.69, 9.17) is 21.6 Å². The molecular formula is C8H7BClF3O3. The number of halogens is 4. The number of hydrogen-bond acceptors (Lipinski definition) is 3. The van der Waals surface area contributed by atoms with Gasteiger partial charge in [-0.15, -0.1) is 0 Å². The summed E-state index contributed by atoms with van der Waals surface area (Å²) in [6.45, 7) is 0. The molecule has 0 unspecified atom stereocenters. The van der Waals surface area contributed by atoms with Gasteiger partial charge in [-0.2, -0.15) is 13.2 Å². The quantitative estimate of drug-likeness (QED) is 0.776. The second-order valence-corrected chi connectivity index (χ2v) is 3.35. The Morgan fingerprint density at radius 3 is 2.25 bits per heavy atom. The van der Waals surface area contributed by atoms with E-state index >= 15 is 0 Å². The predicted molar refractivity (Wildman–Crippen MR) is 52.8 cm³/mol. The van der Waals surface area contributed by atoms with Gasteiger partial charge >= 0.3 is 13.3 Å². The maximum Gasteiger partial charge on any atom is 0.492 e. The fourth-order valence-corrected chi connectivity index (χ4v) is 1.44. The molecule has 0 aliphatic rings. The molecule has 16 heavy (non-hydrogen) atoms. The normalized spacial score (nSPS) is 11.4. The molecule has 0 atom stereocenters. The first-order valence-electron chi connectivity index (χ1n) is 4.08. The second kappa shape index (κ2) is 4.53. The van der Waals surface area contributed by atoms with Crippen LogP contribution in [0.25, 0.3) is 0 Å². The van der Waals surface area contributed by atoms with Crippen molar-refractivity contribution in [3.8, 4) is 5.75 Å². The molecule has 0 spiro atoms. The van der Waals surface area contributed by atoms with Crippen LogP contribution in [0, 0.1) is 0 Å². The van der Waals surface area contributed by atoms with E-state index < -0.39 is 23.9 Å². The minimum atomic E-state index is -4.62. The SMILES string of the molecule is COc1cc(C(F)(F)F)c(Cl)cc1B(O)O. The van der Waals surface area contributed by atoms with Gasteiger partial charge in [-0.25, -0.2) is 0 Å². The van der Waals surface area contributed by atoms with Gasteiger partial charge in [0.1, 0.15) is 5.75 Å². The standard InChI is InChI=1S/C8H7BClF3O3/c1-16-7-2-4(8(11,12)13)6(10)3-5(7)9(14)15/h2-3,14-15H,1H3. The zero-order chi connectivity index (χ0) is 12.5. The lowest BCUT2D eigenvalue weighted by molar-refractivity contribution is -0.137. The molecule has 1 aromatic carbocycles. The van der Waals surface area contributed by atoms with Crippen LogP contribution in [0.15, 0.2) is 12.1 Å². The van der Waals surface area contributed by atoms with Gasteiger partial charge in [0.25, 0.3) is 0 Å². The maximum atomic E-state index is 12.4. The Labute approximate surface area is 94.6 Å². The van der Waals surface area contributed by atoms with E-state index in [9.17, 15) is 13.2 Å². The van der Waals surface area contributed by atoms with Crippen LogP contribution >= 0.6 is 11.6 Å². The molecule has 1 aromatic rings. The van der Waals surface area contributed by atoms with Gasteiger partial charge in [-0.1, -0.05) is 11.6 Å². The molecule has 0 aliphatic carbocycles. The summed E-state index contributed by atoms with van der Waals surface area (Å²) >= 11 is 5.39. The zero-order valence-corrected chi connectivity index (χ0v) is 8.80. The fourth-order valence-electron chi connectivity index (χ4n) is 1.16. The van der Waals surface area contributed by atoms with Gasteiger partial charge in [0, 0.05) is 5.46 Å². The van der Waals surface area contributed by atoms with E-state index in [1.807, 2.05) is 0 Å². The highest BCUT2D eigenvalue weighted by Gasteiger charge is 2.35. The van der Waals surface area contributed by atoms with Crippen molar-refractivity contribution in [2.24, 2.45) is 0 Å². The summed E-state index contributed by atoms with van der Waals surface area (Å²) < 4.78 is 41.9. The highest BCUT2D eigenvalue weighted by molar-refractivity contribution is 6.60. The van der Waals surface area contributed by atoms with Crippen LogP contribution in [0.3, 0.4) is 0 Å². The summed E-state index contributed by atoms with van der Waals surface area (Å²) in [5.41, 5.74) is -1.31. The van der Waals surface area contributed by atoms with Gasteiger partial charge in [-0.3, -0.25) is 0 Å². The van der Waals surface area contributed by atoms with Crippen LogP contribution in [-0.4, -0.2) is 24.3 Å². The van der Waals surface area contributed by atoms with Crippen molar-refractivity contribution in [2.75, 3.05) is 7.11 Å². The fraction of sp³-hybridized carbons (Fsp3) is 0.250. The highest BCUT2D eigenvalue weighted by atomic mass is 35.5. The van der Waals surface area contributed by atoms with E-state index in [1.54, 1.807) is 0 Å². The monoisotopic (exact) mass is 254 g/mol. The van der Waals surface area contributed by atoms with Gasteiger partial charge in [0.2, 0.25) is 0 Å². The number of hydrogen-bond donors (Lipinski definition) is 2. The summed E-state index contributed by atoms with van der Waals surface area (Å²) in [7, 11) is -0.829. The van der Waals surface area contributed by atoms with Crippen molar-refractivity contribution in [2.45, 2.75) is 6.18 Å². The molecule has 1 rings (SSSR count). The molecule has 0 bridgehead atoms. The van der Waals surface area contributed by atoms with Crippen molar-refractivity contribution in [3.63, 3.8) is 0 Å². The lowest BCUT2D eigenvalue weighted by Gasteiger charge is -2.14. The first-order valence-corrected chi connectivity index (χ1v) is 4.46. The van der Waals surface area contributed by atoms with E-state index in [0.29, 0.717) is 6.07 Å². The molecule has 0 aliphatic heterocycles. The number of alkyl halides is 3. The maximum absolute atomic E-state index is 12.4. The van der Waals surface area contributed by atoms with Gasteiger partial charge in [0.15, 0.2) is 0 Å². The Hall–Kier alpha value is -0.915. The zero-order valence-electron chi connectivity index (χ0n) is 8.05. The Bertz CT molecular complexity index is 395. The predicted octanol–water partition coefficient (Wildman–Crippen LogP) is 1.05. The molecule has 0 heterocycles. The second-order valence-electron chi connectivity index (χ2n) is 2.95. The Kier molecular flexibility index (Phi) is 3.72. The molecule has 0 amide bonds. The van der Waals surface area contributed by atoms with Crippen molar-refractivity contribution in [3.05, 3.63) is 22.7 Å². The average Bonchev–Trinajstić information content (AvgIpc) is 2.15. The lowest BCUT2D eigenvalue weighted by atomic mass is 9.79. The number of methoxy groups -OCH3 is 1. The first kappa shape index (κ1) is 13.2. The van der Waals surface area contributed by atoms with Crippen LogP contribution in [0.4, 0.5) is 13.2 Å². The lowest BCUT2D eigenvalue weighted by Crippen LogP contribution is -2.31. The van der Waals surface area contributed by atoms with E-state index in [-0.39, 0.29) is 11.2 Å². The topological polar surface area (TPSA) is 49.7 Å². The average molecular weight is 254 g/mol. The van der Waals surface area contributed by atoms with Gasteiger partial charge in [-0.05, 0) is 12.1 Å². The summed E-state index contributed by atoms with van der Waals surface area (Å²) in [4.78, 5) is 0. The van der Waals surface area contributed by atoms with E-state index in [1.165, 1.54) is 0 Å². The van der Waals surface area contributed by atoms with Crippen LogP contribution in [0.5, 0.6) is 5.75 Å². The Balaban J connectivity index is 3.37. The van der Waals surface area contributed by atoms with Crippen molar-refractivity contribution in [1.29, 1.82) is 0 Å². The van der Waals surface area contributed by atoms with Crippen molar-refractivity contribution >= 4 is 24.2 Å². The third-order valence-electron chi connectivity index (χ3n) is 1.90. The molecule has 88 valence electrons. The van der Waals surface area contributed by atoms with Gasteiger partial charge < -0.3 is 14.8 Å². The van der Waals surface area contributed by atoms with Crippen LogP contribution < -0.4 is 10.2 Å². The molecule has 0 aromatic heterocycles.